The van der Waals surface area contributed by atoms with Gasteiger partial charge < -0.3 is 29.4 Å². The summed E-state index contributed by atoms with van der Waals surface area (Å²) in [6, 6.07) is 14.7. The fourth-order valence-electron chi connectivity index (χ4n) is 8.16. The van der Waals surface area contributed by atoms with Crippen LogP contribution in [0.3, 0.4) is 0 Å². The fraction of sp³-hybridized carbons (Fsp3) is 0.417. The Hall–Kier alpha value is -4.77. The van der Waals surface area contributed by atoms with Crippen molar-refractivity contribution in [1.29, 1.82) is 0 Å². The second-order valence-corrected chi connectivity index (χ2v) is 13.8. The van der Waals surface area contributed by atoms with Crippen molar-refractivity contribution in [2.45, 2.75) is 50.9 Å². The molecule has 5 aromatic rings. The summed E-state index contributed by atoms with van der Waals surface area (Å²) in [5.74, 6) is 2.60. The number of likely N-dealkylation sites (tertiary alicyclic amines) is 2. The minimum absolute atomic E-state index is 0.0102. The van der Waals surface area contributed by atoms with Crippen LogP contribution in [0.4, 0.5) is 0 Å². The zero-order valence-electron chi connectivity index (χ0n) is 26.5. The van der Waals surface area contributed by atoms with Gasteiger partial charge in [0.25, 0.3) is 11.8 Å². The monoisotopic (exact) mass is 630 g/mol. The van der Waals surface area contributed by atoms with Gasteiger partial charge in [-0.2, -0.15) is 0 Å². The highest BCUT2D eigenvalue weighted by Crippen LogP contribution is 2.41. The molecule has 4 fully saturated rings. The normalized spacial score (nSPS) is 22.4. The maximum absolute atomic E-state index is 13.9. The second kappa shape index (κ2) is 10.9. The number of rotatable bonds is 8. The molecule has 0 spiro atoms. The Morgan fingerprint density at radius 1 is 0.936 bits per heavy atom. The van der Waals surface area contributed by atoms with Gasteiger partial charge in [-0.1, -0.05) is 18.2 Å². The number of para-hydroxylation sites is 1. The highest BCUT2D eigenvalue weighted by atomic mass is 16.5. The molecule has 2 amide bonds. The number of fused-ring (bicyclic) bond motifs is 4. The number of piperidine rings is 1. The third-order valence-corrected chi connectivity index (χ3v) is 10.8. The molecule has 11 heteroatoms. The van der Waals surface area contributed by atoms with Gasteiger partial charge in [0.2, 0.25) is 0 Å². The number of methoxy groups -OCH3 is 1. The van der Waals surface area contributed by atoms with Crippen molar-refractivity contribution in [3.05, 3.63) is 72.3 Å². The number of aromatic nitrogens is 5. The van der Waals surface area contributed by atoms with E-state index in [0.717, 1.165) is 41.9 Å². The lowest BCUT2D eigenvalue weighted by molar-refractivity contribution is 0.0465. The molecule has 5 heterocycles. The molecule has 2 unspecified atom stereocenters. The van der Waals surface area contributed by atoms with E-state index in [2.05, 4.69) is 49.4 Å². The van der Waals surface area contributed by atoms with Gasteiger partial charge in [-0.25, -0.2) is 9.97 Å². The van der Waals surface area contributed by atoms with Gasteiger partial charge in [-0.05, 0) is 61.8 Å². The van der Waals surface area contributed by atoms with Crippen molar-refractivity contribution < 1.29 is 14.3 Å². The van der Waals surface area contributed by atoms with E-state index in [1.165, 1.54) is 29.9 Å². The highest BCUT2D eigenvalue weighted by molar-refractivity contribution is 6.00. The Morgan fingerprint density at radius 3 is 2.49 bits per heavy atom. The number of nitrogens with two attached hydrogens (primary N) is 1. The van der Waals surface area contributed by atoms with Gasteiger partial charge in [0.15, 0.2) is 5.82 Å². The molecule has 2 N–H and O–H groups in total. The molecule has 2 saturated heterocycles. The average molecular weight is 631 g/mol. The van der Waals surface area contributed by atoms with Crippen LogP contribution < -0.4 is 10.5 Å². The summed E-state index contributed by atoms with van der Waals surface area (Å²) in [5.41, 5.74) is 11.2. The first-order valence-corrected chi connectivity index (χ1v) is 16.8. The van der Waals surface area contributed by atoms with Gasteiger partial charge in [-0.15, -0.1) is 0 Å². The summed E-state index contributed by atoms with van der Waals surface area (Å²) < 4.78 is 10.7. The largest absolute Gasteiger partial charge is 0.494 e. The van der Waals surface area contributed by atoms with Crippen LogP contribution in [-0.2, 0) is 13.1 Å². The highest BCUT2D eigenvalue weighted by Gasteiger charge is 2.47. The van der Waals surface area contributed by atoms with Crippen LogP contribution in [0.1, 0.15) is 46.5 Å². The summed E-state index contributed by atoms with van der Waals surface area (Å²) in [5, 5.41) is 1.18. The second-order valence-electron chi connectivity index (χ2n) is 13.8. The average Bonchev–Trinajstić information content (AvgIpc) is 3.44. The Morgan fingerprint density at radius 2 is 1.77 bits per heavy atom. The Labute approximate surface area is 272 Å². The van der Waals surface area contributed by atoms with Gasteiger partial charge in [-0.3, -0.25) is 14.6 Å². The number of hydrogen-bond acceptors (Lipinski definition) is 7. The van der Waals surface area contributed by atoms with Crippen molar-refractivity contribution in [3.8, 4) is 17.3 Å². The first kappa shape index (κ1) is 28.5. The number of benzene rings is 2. The number of imidazole rings is 1. The van der Waals surface area contributed by atoms with Gasteiger partial charge >= 0.3 is 0 Å². The molecule has 3 aromatic heterocycles. The molecule has 2 bridgehead atoms. The third kappa shape index (κ3) is 4.70. The number of carbonyl (C=O) groups is 2. The third-order valence-electron chi connectivity index (χ3n) is 10.8. The molecular weight excluding hydrogens is 592 g/mol. The molecular formula is C36H38N8O3. The number of nitrogens with zero attached hydrogens (tertiary/aromatic N) is 7. The number of ether oxygens (including phenoxy) is 1. The van der Waals surface area contributed by atoms with Crippen LogP contribution >= 0.6 is 0 Å². The topological polar surface area (TPSA) is 124 Å². The molecule has 2 aliphatic carbocycles. The van der Waals surface area contributed by atoms with Crippen LogP contribution in [0.15, 0.2) is 61.1 Å². The molecule has 2 aliphatic heterocycles. The van der Waals surface area contributed by atoms with Crippen LogP contribution in [0.2, 0.25) is 0 Å². The van der Waals surface area contributed by atoms with E-state index in [-0.39, 0.29) is 29.8 Å². The SMILES string of the molecule is COc1cc(C(=O)N2CC3CCC2[C@@H]3N)cc2nc(-c3cc4ccccc4n3CC3CC3)n(CC3CN(C(=O)c4cnccn4)C3)c12. The smallest absolute Gasteiger partial charge is 0.274 e. The lowest BCUT2D eigenvalue weighted by atomic mass is 9.99. The minimum Gasteiger partial charge on any atom is -0.494 e. The summed E-state index contributed by atoms with van der Waals surface area (Å²) in [6.45, 7) is 3.51. The molecule has 9 rings (SSSR count). The van der Waals surface area contributed by atoms with Gasteiger partial charge in [0.05, 0.1) is 24.5 Å². The van der Waals surface area contributed by atoms with E-state index in [4.69, 9.17) is 15.5 Å². The molecule has 0 radical (unpaired) electrons. The van der Waals surface area contributed by atoms with E-state index in [9.17, 15) is 9.59 Å². The predicted molar refractivity (Wildman–Crippen MR) is 177 cm³/mol. The van der Waals surface area contributed by atoms with Crippen molar-refractivity contribution in [3.63, 3.8) is 0 Å². The van der Waals surface area contributed by atoms with Crippen LogP contribution in [0.5, 0.6) is 5.75 Å². The van der Waals surface area contributed by atoms with Crippen LogP contribution in [0, 0.1) is 17.8 Å². The summed E-state index contributed by atoms with van der Waals surface area (Å²) >= 11 is 0. The first-order chi connectivity index (χ1) is 23.0. The van der Waals surface area contributed by atoms with E-state index in [1.807, 2.05) is 21.9 Å². The lowest BCUT2D eigenvalue weighted by Crippen LogP contribution is -2.51. The van der Waals surface area contributed by atoms with Crippen molar-refractivity contribution in [2.75, 3.05) is 26.7 Å². The first-order valence-electron chi connectivity index (χ1n) is 16.8. The Bertz CT molecular complexity index is 2030. The van der Waals surface area contributed by atoms with Crippen molar-refractivity contribution in [1.82, 2.24) is 33.9 Å². The molecule has 4 aliphatic rings. The quantitative estimate of drug-likeness (QED) is 0.273. The van der Waals surface area contributed by atoms with Crippen molar-refractivity contribution >= 4 is 33.8 Å². The summed E-state index contributed by atoms with van der Waals surface area (Å²) in [4.78, 5) is 44.3. The van der Waals surface area contributed by atoms with E-state index >= 15 is 0 Å². The fourth-order valence-corrected chi connectivity index (χ4v) is 8.16. The zero-order valence-corrected chi connectivity index (χ0v) is 26.5. The maximum Gasteiger partial charge on any atom is 0.274 e. The Balaban J connectivity index is 1.13. The predicted octanol–water partition coefficient (Wildman–Crippen LogP) is 4.20. The summed E-state index contributed by atoms with van der Waals surface area (Å²) in [6.07, 6.45) is 9.15. The van der Waals surface area contributed by atoms with Crippen LogP contribution in [-0.4, -0.2) is 84.5 Å². The van der Waals surface area contributed by atoms with Gasteiger partial charge in [0, 0.05) is 79.6 Å². The van der Waals surface area contributed by atoms with E-state index < -0.39 is 0 Å². The summed E-state index contributed by atoms with van der Waals surface area (Å²) in [7, 11) is 1.66. The molecule has 2 aromatic carbocycles. The zero-order chi connectivity index (χ0) is 31.8. The lowest BCUT2D eigenvalue weighted by Gasteiger charge is -2.39. The maximum atomic E-state index is 13.9. The minimum atomic E-state index is -0.106. The number of amides is 2. The van der Waals surface area contributed by atoms with Crippen LogP contribution in [0.25, 0.3) is 33.5 Å². The molecule has 240 valence electrons. The van der Waals surface area contributed by atoms with Gasteiger partial charge in [0.1, 0.15) is 17.0 Å². The molecule has 47 heavy (non-hydrogen) atoms. The van der Waals surface area contributed by atoms with E-state index in [0.29, 0.717) is 55.0 Å². The molecule has 2 saturated carbocycles. The molecule has 11 nitrogen and oxygen atoms in total. The number of hydrogen-bond donors (Lipinski definition) is 1. The molecule has 3 atom stereocenters. The van der Waals surface area contributed by atoms with Crippen molar-refractivity contribution in [2.24, 2.45) is 23.5 Å². The Kier molecular flexibility index (Phi) is 6.60. The standard InChI is InChI=1S/C36H38N8O3/c1-47-31-14-25(35(45)43-20-24-8-9-29(43)32(24)37)12-26-33(31)44(19-22-16-41(17-22)36(46)27-15-38-10-11-39-27)34(40-26)30-13-23-4-2-3-5-28(23)42(30)18-21-6-7-21/h2-5,10-15,21-22,24,29,32H,6-9,16-20,37H2,1H3/t24?,29?,32-/m1/s1. The van der Waals surface area contributed by atoms with E-state index in [1.54, 1.807) is 19.5 Å². The number of carbonyl (C=O) groups excluding carboxylic acids is 2.